The quantitative estimate of drug-likeness (QED) is 0.866. The van der Waals surface area contributed by atoms with Crippen molar-refractivity contribution in [1.82, 2.24) is 10.2 Å². The number of hydrogen-bond acceptors (Lipinski definition) is 2. The van der Waals surface area contributed by atoms with Gasteiger partial charge in [0.2, 0.25) is 5.91 Å². The van der Waals surface area contributed by atoms with Crippen molar-refractivity contribution in [3.63, 3.8) is 0 Å². The van der Waals surface area contributed by atoms with Gasteiger partial charge in [-0.1, -0.05) is 30.3 Å². The van der Waals surface area contributed by atoms with Crippen LogP contribution in [0.15, 0.2) is 36.4 Å². The molecular formula is C18H24N2O. The highest BCUT2D eigenvalue weighted by Crippen LogP contribution is 2.25. The summed E-state index contributed by atoms with van der Waals surface area (Å²) in [5, 5.41) is 3.60. The molecular weight excluding hydrogens is 260 g/mol. The first-order valence-corrected chi connectivity index (χ1v) is 8.08. The molecule has 3 nitrogen and oxygen atoms in total. The number of hydrogen-bond donors (Lipinski definition) is 1. The molecule has 21 heavy (non-hydrogen) atoms. The number of nitrogens with zero attached hydrogens (tertiary/aromatic N) is 1. The third-order valence-corrected chi connectivity index (χ3v) is 4.74. The van der Waals surface area contributed by atoms with Crippen molar-refractivity contribution in [2.24, 2.45) is 5.92 Å². The van der Waals surface area contributed by atoms with E-state index in [2.05, 4.69) is 5.32 Å². The molecule has 0 bridgehead atoms. The summed E-state index contributed by atoms with van der Waals surface area (Å²) < 4.78 is 0. The predicted octanol–water partition coefficient (Wildman–Crippen LogP) is 2.69. The minimum absolute atomic E-state index is 0.150. The Bertz CT molecular complexity index is 483. The number of benzene rings is 1. The monoisotopic (exact) mass is 284 g/mol. The lowest BCUT2D eigenvalue weighted by molar-refractivity contribution is -0.127. The lowest BCUT2D eigenvalue weighted by Crippen LogP contribution is -2.42. The Hall–Kier alpha value is -1.61. The lowest BCUT2D eigenvalue weighted by atomic mass is 9.88. The number of likely N-dealkylation sites (tertiary alicyclic amines) is 1. The molecule has 1 amide bonds. The summed E-state index contributed by atoms with van der Waals surface area (Å²) in [5.74, 6) is 0.909. The van der Waals surface area contributed by atoms with Gasteiger partial charge in [0, 0.05) is 25.2 Å². The fourth-order valence-corrected chi connectivity index (χ4v) is 3.47. The Morgan fingerprint density at radius 1 is 1.14 bits per heavy atom. The Labute approximate surface area is 127 Å². The van der Waals surface area contributed by atoms with Crippen molar-refractivity contribution in [2.75, 3.05) is 19.6 Å². The summed E-state index contributed by atoms with van der Waals surface area (Å²) in [5.41, 5.74) is 1.08. The van der Waals surface area contributed by atoms with Crippen LogP contribution in [0.25, 0.3) is 6.08 Å². The highest BCUT2D eigenvalue weighted by atomic mass is 16.2. The zero-order valence-electron chi connectivity index (χ0n) is 12.5. The van der Waals surface area contributed by atoms with Gasteiger partial charge in [0.25, 0.3) is 0 Å². The molecule has 3 heteroatoms. The fourth-order valence-electron chi connectivity index (χ4n) is 3.47. The molecule has 2 heterocycles. The van der Waals surface area contributed by atoms with Crippen LogP contribution in [0, 0.1) is 5.92 Å². The van der Waals surface area contributed by atoms with Gasteiger partial charge in [0.15, 0.2) is 0 Å². The summed E-state index contributed by atoms with van der Waals surface area (Å²) in [6.45, 7) is 2.98. The molecule has 1 atom stereocenters. The maximum Gasteiger partial charge on any atom is 0.246 e. The summed E-state index contributed by atoms with van der Waals surface area (Å²) in [4.78, 5) is 14.2. The van der Waals surface area contributed by atoms with Crippen molar-refractivity contribution >= 4 is 12.0 Å². The van der Waals surface area contributed by atoms with E-state index in [1.54, 1.807) is 6.08 Å². The Morgan fingerprint density at radius 2 is 1.90 bits per heavy atom. The molecule has 1 aromatic rings. The van der Waals surface area contributed by atoms with Crippen LogP contribution in [-0.2, 0) is 4.79 Å². The smallest absolute Gasteiger partial charge is 0.246 e. The van der Waals surface area contributed by atoms with Gasteiger partial charge in [-0.05, 0) is 49.8 Å². The fraction of sp³-hybridized carbons (Fsp3) is 0.500. The number of carbonyl (C=O) groups excluding carboxylic acids is 1. The molecule has 2 aliphatic heterocycles. The van der Waals surface area contributed by atoms with Crippen LogP contribution >= 0.6 is 0 Å². The third-order valence-electron chi connectivity index (χ3n) is 4.74. The molecule has 0 aliphatic carbocycles. The van der Waals surface area contributed by atoms with Crippen LogP contribution < -0.4 is 5.32 Å². The van der Waals surface area contributed by atoms with Crippen LogP contribution in [0.5, 0.6) is 0 Å². The van der Waals surface area contributed by atoms with Crippen LogP contribution in [0.1, 0.15) is 31.2 Å². The second-order valence-electron chi connectivity index (χ2n) is 6.11. The second-order valence-corrected chi connectivity index (χ2v) is 6.11. The number of carbonyl (C=O) groups is 1. The number of rotatable bonds is 3. The van der Waals surface area contributed by atoms with Gasteiger partial charge in [-0.2, -0.15) is 0 Å². The molecule has 2 saturated heterocycles. The molecule has 1 N–H and O–H groups in total. The average Bonchev–Trinajstić information content (AvgIpc) is 3.08. The topological polar surface area (TPSA) is 32.3 Å². The molecule has 1 aromatic carbocycles. The van der Waals surface area contributed by atoms with Crippen molar-refractivity contribution in [3.05, 3.63) is 42.0 Å². The van der Waals surface area contributed by atoms with E-state index in [1.165, 1.54) is 19.4 Å². The van der Waals surface area contributed by atoms with Crippen LogP contribution in [0.4, 0.5) is 0 Å². The second kappa shape index (κ2) is 6.90. The molecule has 0 aromatic heterocycles. The van der Waals surface area contributed by atoms with Crippen molar-refractivity contribution in [3.8, 4) is 0 Å². The molecule has 0 spiro atoms. The third kappa shape index (κ3) is 3.73. The van der Waals surface area contributed by atoms with Crippen LogP contribution in [0.3, 0.4) is 0 Å². The highest BCUT2D eigenvalue weighted by Gasteiger charge is 2.29. The largest absolute Gasteiger partial charge is 0.339 e. The first-order chi connectivity index (χ1) is 10.3. The molecule has 2 aliphatic rings. The van der Waals surface area contributed by atoms with Crippen LogP contribution in [0.2, 0.25) is 0 Å². The molecule has 2 fully saturated rings. The van der Waals surface area contributed by atoms with E-state index in [-0.39, 0.29) is 5.91 Å². The molecule has 1 unspecified atom stereocenters. The number of amides is 1. The van der Waals surface area contributed by atoms with Gasteiger partial charge < -0.3 is 10.2 Å². The van der Waals surface area contributed by atoms with E-state index in [0.717, 1.165) is 37.4 Å². The van der Waals surface area contributed by atoms with Gasteiger partial charge in [0.05, 0.1) is 0 Å². The van der Waals surface area contributed by atoms with Crippen LogP contribution in [-0.4, -0.2) is 36.5 Å². The summed E-state index contributed by atoms with van der Waals surface area (Å²) >= 11 is 0. The Balaban J connectivity index is 1.49. The zero-order chi connectivity index (χ0) is 14.5. The van der Waals surface area contributed by atoms with E-state index < -0.39 is 0 Å². The van der Waals surface area contributed by atoms with Gasteiger partial charge >= 0.3 is 0 Å². The van der Waals surface area contributed by atoms with E-state index in [0.29, 0.717) is 6.04 Å². The molecule has 112 valence electrons. The summed E-state index contributed by atoms with van der Waals surface area (Å²) in [6, 6.07) is 10.7. The first-order valence-electron chi connectivity index (χ1n) is 8.08. The van der Waals surface area contributed by atoms with E-state index in [4.69, 9.17) is 0 Å². The average molecular weight is 284 g/mol. The SMILES string of the molecule is O=C(C=Cc1ccccc1)N1CCC(C2CCCN2)CC1. The highest BCUT2D eigenvalue weighted by molar-refractivity contribution is 5.91. The lowest BCUT2D eigenvalue weighted by Gasteiger charge is -2.34. The Kier molecular flexibility index (Phi) is 4.71. The maximum atomic E-state index is 12.2. The minimum atomic E-state index is 0.150. The predicted molar refractivity (Wildman–Crippen MR) is 85.8 cm³/mol. The maximum absolute atomic E-state index is 12.2. The van der Waals surface area contributed by atoms with E-state index in [9.17, 15) is 4.79 Å². The zero-order valence-corrected chi connectivity index (χ0v) is 12.5. The Morgan fingerprint density at radius 3 is 2.57 bits per heavy atom. The number of nitrogens with one attached hydrogen (secondary N) is 1. The van der Waals surface area contributed by atoms with Crippen molar-refractivity contribution in [2.45, 2.75) is 31.7 Å². The molecule has 0 radical (unpaired) electrons. The summed E-state index contributed by atoms with van der Waals surface area (Å²) in [7, 11) is 0. The summed E-state index contributed by atoms with van der Waals surface area (Å²) in [6.07, 6.45) is 8.53. The van der Waals surface area contributed by atoms with Crippen molar-refractivity contribution < 1.29 is 4.79 Å². The normalized spacial score (nSPS) is 23.8. The van der Waals surface area contributed by atoms with Gasteiger partial charge in [-0.15, -0.1) is 0 Å². The van der Waals surface area contributed by atoms with Crippen molar-refractivity contribution in [1.29, 1.82) is 0 Å². The first kappa shape index (κ1) is 14.3. The standard InChI is InChI=1S/C18H24N2O/c21-18(9-8-15-5-2-1-3-6-15)20-13-10-16(11-14-20)17-7-4-12-19-17/h1-3,5-6,8-9,16-17,19H,4,7,10-14H2. The molecule has 3 rings (SSSR count). The van der Waals surface area contributed by atoms with Gasteiger partial charge in [-0.3, -0.25) is 4.79 Å². The van der Waals surface area contributed by atoms with E-state index >= 15 is 0 Å². The van der Waals surface area contributed by atoms with Gasteiger partial charge in [-0.25, -0.2) is 0 Å². The van der Waals surface area contributed by atoms with Gasteiger partial charge in [0.1, 0.15) is 0 Å². The number of piperidine rings is 1. The molecule has 0 saturated carbocycles. The minimum Gasteiger partial charge on any atom is -0.339 e. The van der Waals surface area contributed by atoms with E-state index in [1.807, 2.05) is 41.3 Å².